The van der Waals surface area contributed by atoms with E-state index in [0.29, 0.717) is 24.5 Å². The predicted molar refractivity (Wildman–Crippen MR) is 65.6 cm³/mol. The highest BCUT2D eigenvalue weighted by atomic mass is 16.5. The van der Waals surface area contributed by atoms with Gasteiger partial charge < -0.3 is 19.5 Å². The van der Waals surface area contributed by atoms with E-state index < -0.39 is 5.60 Å². The van der Waals surface area contributed by atoms with Gasteiger partial charge in [-0.2, -0.15) is 0 Å². The third kappa shape index (κ3) is 2.10. The summed E-state index contributed by atoms with van der Waals surface area (Å²) in [6, 6.07) is 5.57. The molecule has 1 aromatic rings. The highest BCUT2D eigenvalue weighted by Crippen LogP contribution is 2.42. The van der Waals surface area contributed by atoms with Gasteiger partial charge in [0.2, 0.25) is 0 Å². The van der Waals surface area contributed by atoms with E-state index in [1.54, 1.807) is 14.2 Å². The number of hydrogen-bond acceptors (Lipinski definition) is 4. The van der Waals surface area contributed by atoms with Gasteiger partial charge in [-0.1, -0.05) is 6.07 Å². The molecule has 1 aliphatic heterocycles. The quantitative estimate of drug-likeness (QED) is 0.858. The predicted octanol–water partition coefficient (Wildman–Crippen LogP) is 1.23. The lowest BCUT2D eigenvalue weighted by Gasteiger charge is -2.26. The summed E-state index contributed by atoms with van der Waals surface area (Å²) < 4.78 is 10.7. The molecule has 1 aliphatic rings. The van der Waals surface area contributed by atoms with Crippen molar-refractivity contribution in [3.8, 4) is 11.5 Å². The largest absolute Gasteiger partial charge is 0.496 e. The molecule has 1 unspecified atom stereocenters. The second-order valence-electron chi connectivity index (χ2n) is 4.56. The average molecular weight is 237 g/mol. The third-order valence-corrected chi connectivity index (χ3v) is 3.33. The van der Waals surface area contributed by atoms with Gasteiger partial charge >= 0.3 is 0 Å². The lowest BCUT2D eigenvalue weighted by molar-refractivity contribution is 0.0438. The van der Waals surface area contributed by atoms with Crippen molar-refractivity contribution in [3.63, 3.8) is 0 Å². The molecule has 1 saturated heterocycles. The van der Waals surface area contributed by atoms with Crippen molar-refractivity contribution < 1.29 is 14.6 Å². The molecule has 2 rings (SSSR count). The van der Waals surface area contributed by atoms with Crippen LogP contribution in [-0.4, -0.2) is 44.4 Å². The maximum Gasteiger partial charge on any atom is 0.128 e. The van der Waals surface area contributed by atoms with Crippen molar-refractivity contribution in [1.29, 1.82) is 0 Å². The summed E-state index contributed by atoms with van der Waals surface area (Å²) in [5.74, 6) is 1.37. The number of benzene rings is 1. The van der Waals surface area contributed by atoms with E-state index in [1.807, 2.05) is 25.2 Å². The lowest BCUT2D eigenvalue weighted by atomic mass is 9.91. The Morgan fingerprint density at radius 3 is 2.24 bits per heavy atom. The second kappa shape index (κ2) is 4.55. The fraction of sp³-hybridized carbons (Fsp3) is 0.538. The second-order valence-corrected chi connectivity index (χ2v) is 4.56. The zero-order valence-electron chi connectivity index (χ0n) is 10.6. The first kappa shape index (κ1) is 12.2. The zero-order valence-corrected chi connectivity index (χ0v) is 10.6. The number of aliphatic hydroxyl groups is 1. The molecule has 17 heavy (non-hydrogen) atoms. The van der Waals surface area contributed by atoms with Crippen LogP contribution in [0, 0.1) is 0 Å². The smallest absolute Gasteiger partial charge is 0.128 e. The van der Waals surface area contributed by atoms with Crippen molar-refractivity contribution in [1.82, 2.24) is 4.90 Å². The zero-order chi connectivity index (χ0) is 12.5. The van der Waals surface area contributed by atoms with Crippen LogP contribution in [0.1, 0.15) is 12.0 Å². The number of rotatable bonds is 3. The van der Waals surface area contributed by atoms with Crippen LogP contribution in [0.25, 0.3) is 0 Å². The Balaban J connectivity index is 2.49. The van der Waals surface area contributed by atoms with E-state index in [1.165, 1.54) is 0 Å². The number of ether oxygens (including phenoxy) is 2. The SMILES string of the molecule is COc1cccc(OC)c1C1(O)CCN(C)C1. The number of nitrogens with zero attached hydrogens (tertiary/aromatic N) is 1. The minimum atomic E-state index is -0.882. The van der Waals surface area contributed by atoms with Crippen molar-refractivity contribution >= 4 is 0 Å². The van der Waals surface area contributed by atoms with Gasteiger partial charge in [-0.3, -0.25) is 0 Å². The fourth-order valence-electron chi connectivity index (χ4n) is 2.49. The third-order valence-electron chi connectivity index (χ3n) is 3.33. The molecule has 1 N–H and O–H groups in total. The standard InChI is InChI=1S/C13H19NO3/c1-14-8-7-13(15,9-14)12-10(16-2)5-4-6-11(12)17-3/h4-6,15H,7-9H2,1-3H3. The first-order valence-electron chi connectivity index (χ1n) is 5.73. The first-order chi connectivity index (χ1) is 8.10. The molecular weight excluding hydrogens is 218 g/mol. The van der Waals surface area contributed by atoms with E-state index in [0.717, 1.165) is 12.1 Å². The van der Waals surface area contributed by atoms with Gasteiger partial charge in [-0.05, 0) is 25.6 Å². The van der Waals surface area contributed by atoms with Crippen molar-refractivity contribution in [2.24, 2.45) is 0 Å². The van der Waals surface area contributed by atoms with Gasteiger partial charge in [-0.25, -0.2) is 0 Å². The molecule has 4 heteroatoms. The molecule has 0 amide bonds. The molecule has 1 atom stereocenters. The summed E-state index contributed by atoms with van der Waals surface area (Å²) >= 11 is 0. The van der Waals surface area contributed by atoms with Gasteiger partial charge in [0.15, 0.2) is 0 Å². The van der Waals surface area contributed by atoms with Gasteiger partial charge in [0.1, 0.15) is 17.1 Å². The van der Waals surface area contributed by atoms with Crippen LogP contribution in [0.3, 0.4) is 0 Å². The Bertz CT molecular complexity index is 385. The number of methoxy groups -OCH3 is 2. The summed E-state index contributed by atoms with van der Waals surface area (Å²) in [4.78, 5) is 2.10. The Labute approximate surface area is 102 Å². The Morgan fingerprint density at radius 1 is 1.24 bits per heavy atom. The van der Waals surface area contributed by atoms with E-state index in [4.69, 9.17) is 9.47 Å². The minimum Gasteiger partial charge on any atom is -0.496 e. The van der Waals surface area contributed by atoms with E-state index in [-0.39, 0.29) is 0 Å². The summed E-state index contributed by atoms with van der Waals surface area (Å²) in [5, 5.41) is 10.8. The van der Waals surface area contributed by atoms with Gasteiger partial charge in [0.25, 0.3) is 0 Å². The molecule has 0 radical (unpaired) electrons. The highest BCUT2D eigenvalue weighted by molar-refractivity contribution is 5.49. The van der Waals surface area contributed by atoms with E-state index >= 15 is 0 Å². The fourth-order valence-corrected chi connectivity index (χ4v) is 2.49. The van der Waals surface area contributed by atoms with E-state index in [2.05, 4.69) is 4.90 Å². The number of likely N-dealkylation sites (tertiary alicyclic amines) is 1. The molecule has 0 bridgehead atoms. The summed E-state index contributed by atoms with van der Waals surface area (Å²) in [7, 11) is 5.22. The summed E-state index contributed by atoms with van der Waals surface area (Å²) in [6.07, 6.45) is 0.695. The number of hydrogen-bond donors (Lipinski definition) is 1. The first-order valence-corrected chi connectivity index (χ1v) is 5.73. The normalized spacial score (nSPS) is 24.9. The van der Waals surface area contributed by atoms with Crippen LogP contribution in [0.2, 0.25) is 0 Å². The minimum absolute atomic E-state index is 0.601. The highest BCUT2D eigenvalue weighted by Gasteiger charge is 2.40. The van der Waals surface area contributed by atoms with Crippen molar-refractivity contribution in [2.75, 3.05) is 34.4 Å². The maximum atomic E-state index is 10.8. The maximum absolute atomic E-state index is 10.8. The van der Waals surface area contributed by atoms with Crippen LogP contribution >= 0.6 is 0 Å². The van der Waals surface area contributed by atoms with Crippen molar-refractivity contribution in [3.05, 3.63) is 23.8 Å². The van der Waals surface area contributed by atoms with Crippen LogP contribution in [0.15, 0.2) is 18.2 Å². The molecule has 0 aromatic heterocycles. The molecule has 0 spiro atoms. The Morgan fingerprint density at radius 2 is 1.82 bits per heavy atom. The lowest BCUT2D eigenvalue weighted by Crippen LogP contribution is -2.30. The van der Waals surface area contributed by atoms with Gasteiger partial charge in [0.05, 0.1) is 19.8 Å². The van der Waals surface area contributed by atoms with Crippen molar-refractivity contribution in [2.45, 2.75) is 12.0 Å². The Hall–Kier alpha value is -1.26. The Kier molecular flexibility index (Phi) is 3.26. The number of likely N-dealkylation sites (N-methyl/N-ethyl adjacent to an activating group) is 1. The van der Waals surface area contributed by atoms with Crippen LogP contribution in [0.5, 0.6) is 11.5 Å². The molecule has 94 valence electrons. The summed E-state index contributed by atoms with van der Waals surface area (Å²) in [5.41, 5.74) is -0.124. The molecule has 1 aromatic carbocycles. The molecular formula is C13H19NO3. The van der Waals surface area contributed by atoms with Crippen LogP contribution < -0.4 is 9.47 Å². The van der Waals surface area contributed by atoms with Gasteiger partial charge in [-0.15, -0.1) is 0 Å². The van der Waals surface area contributed by atoms with Gasteiger partial charge in [0, 0.05) is 13.1 Å². The number of β-amino-alcohol motifs (C(OH)–C–C–N with tert-alkyl or cyclic N) is 1. The van der Waals surface area contributed by atoms with E-state index in [9.17, 15) is 5.11 Å². The van der Waals surface area contributed by atoms with Crippen LogP contribution in [-0.2, 0) is 5.60 Å². The summed E-state index contributed by atoms with van der Waals surface area (Å²) in [6.45, 7) is 1.47. The molecule has 4 nitrogen and oxygen atoms in total. The molecule has 0 saturated carbocycles. The monoisotopic (exact) mass is 237 g/mol. The average Bonchev–Trinajstić information content (AvgIpc) is 2.69. The molecule has 0 aliphatic carbocycles. The topological polar surface area (TPSA) is 41.9 Å². The molecule has 1 fully saturated rings. The van der Waals surface area contributed by atoms with Crippen LogP contribution in [0.4, 0.5) is 0 Å². The molecule has 1 heterocycles.